The number of hydrogen-bond donors (Lipinski definition) is 2. The summed E-state index contributed by atoms with van der Waals surface area (Å²) in [6, 6.07) is 8.58. The zero-order chi connectivity index (χ0) is 10.8. The first-order chi connectivity index (χ1) is 7.18. The molecule has 0 fully saturated rings. The molecular formula is C11H10N2OS. The number of nitrogens with two attached hydrogens (primary N) is 2. The van der Waals surface area contributed by atoms with Crippen LogP contribution in [0.4, 0.5) is 11.4 Å². The molecular weight excluding hydrogens is 208 g/mol. The van der Waals surface area contributed by atoms with Gasteiger partial charge in [-0.25, -0.2) is 0 Å². The summed E-state index contributed by atoms with van der Waals surface area (Å²) in [5.74, 6) is -0.0169. The van der Waals surface area contributed by atoms with Crippen molar-refractivity contribution in [3.8, 4) is 0 Å². The van der Waals surface area contributed by atoms with E-state index in [-0.39, 0.29) is 5.78 Å². The molecule has 15 heavy (non-hydrogen) atoms. The molecule has 76 valence electrons. The summed E-state index contributed by atoms with van der Waals surface area (Å²) in [6.45, 7) is 0. The molecule has 0 aliphatic heterocycles. The first-order valence-corrected chi connectivity index (χ1v) is 5.29. The summed E-state index contributed by atoms with van der Waals surface area (Å²) in [5, 5.41) is 1.87. The monoisotopic (exact) mass is 218 g/mol. The largest absolute Gasteiger partial charge is 0.397 e. The Morgan fingerprint density at radius 2 is 1.93 bits per heavy atom. The van der Waals surface area contributed by atoms with Gasteiger partial charge in [-0.2, -0.15) is 0 Å². The summed E-state index contributed by atoms with van der Waals surface area (Å²) in [4.78, 5) is 12.6. The molecule has 0 amide bonds. The predicted octanol–water partition coefficient (Wildman–Crippen LogP) is 2.14. The van der Waals surface area contributed by atoms with E-state index in [9.17, 15) is 4.79 Å². The van der Waals surface area contributed by atoms with E-state index in [4.69, 9.17) is 11.5 Å². The number of rotatable bonds is 2. The van der Waals surface area contributed by atoms with Gasteiger partial charge in [-0.05, 0) is 29.6 Å². The average molecular weight is 218 g/mol. The Labute approximate surface area is 91.3 Å². The third kappa shape index (κ3) is 1.85. The maximum atomic E-state index is 11.9. The zero-order valence-corrected chi connectivity index (χ0v) is 8.75. The van der Waals surface area contributed by atoms with Crippen LogP contribution in [0.15, 0.2) is 35.7 Å². The second kappa shape index (κ2) is 3.74. The van der Waals surface area contributed by atoms with Crippen LogP contribution in [0.5, 0.6) is 0 Å². The van der Waals surface area contributed by atoms with E-state index in [1.807, 2.05) is 11.4 Å². The van der Waals surface area contributed by atoms with Crippen LogP contribution in [0, 0.1) is 0 Å². The van der Waals surface area contributed by atoms with Gasteiger partial charge in [0.2, 0.25) is 5.78 Å². The van der Waals surface area contributed by atoms with Crippen LogP contribution < -0.4 is 11.5 Å². The maximum Gasteiger partial charge on any atom is 0.203 e. The molecule has 0 saturated heterocycles. The van der Waals surface area contributed by atoms with Gasteiger partial charge in [0.1, 0.15) is 0 Å². The van der Waals surface area contributed by atoms with Gasteiger partial charge >= 0.3 is 0 Å². The first-order valence-electron chi connectivity index (χ1n) is 4.41. The molecule has 3 nitrogen and oxygen atoms in total. The summed E-state index contributed by atoms with van der Waals surface area (Å²) in [5.41, 5.74) is 12.7. The number of nitrogen functional groups attached to an aromatic ring is 2. The molecule has 0 aliphatic carbocycles. The summed E-state index contributed by atoms with van der Waals surface area (Å²) >= 11 is 1.41. The van der Waals surface area contributed by atoms with E-state index < -0.39 is 0 Å². The fourth-order valence-corrected chi connectivity index (χ4v) is 1.95. The Hall–Kier alpha value is -1.81. The standard InChI is InChI=1S/C11H10N2OS/c12-8-4-3-7(6-9(8)13)11(14)10-2-1-5-15-10/h1-6H,12-13H2. The van der Waals surface area contributed by atoms with Crippen molar-refractivity contribution in [2.24, 2.45) is 0 Å². The van der Waals surface area contributed by atoms with Crippen molar-refractivity contribution in [2.75, 3.05) is 11.5 Å². The number of thiophene rings is 1. The van der Waals surface area contributed by atoms with Crippen molar-refractivity contribution in [3.05, 3.63) is 46.2 Å². The van der Waals surface area contributed by atoms with E-state index in [2.05, 4.69) is 0 Å². The molecule has 4 N–H and O–H groups in total. The van der Waals surface area contributed by atoms with Gasteiger partial charge in [0, 0.05) is 5.56 Å². The third-order valence-corrected chi connectivity index (χ3v) is 2.96. The lowest BCUT2D eigenvalue weighted by atomic mass is 10.1. The van der Waals surface area contributed by atoms with E-state index in [1.54, 1.807) is 24.3 Å². The zero-order valence-electron chi connectivity index (χ0n) is 7.94. The van der Waals surface area contributed by atoms with Crippen molar-refractivity contribution in [1.29, 1.82) is 0 Å². The van der Waals surface area contributed by atoms with Crippen LogP contribution in [0.2, 0.25) is 0 Å². The quantitative estimate of drug-likeness (QED) is 0.599. The smallest absolute Gasteiger partial charge is 0.203 e. The predicted molar refractivity (Wildman–Crippen MR) is 63.0 cm³/mol. The number of hydrogen-bond acceptors (Lipinski definition) is 4. The van der Waals surface area contributed by atoms with E-state index in [0.717, 1.165) is 0 Å². The summed E-state index contributed by atoms with van der Waals surface area (Å²) in [7, 11) is 0. The Bertz CT molecular complexity index is 491. The van der Waals surface area contributed by atoms with Crippen LogP contribution in [0.3, 0.4) is 0 Å². The maximum absolute atomic E-state index is 11.9. The SMILES string of the molecule is Nc1ccc(C(=O)c2cccs2)cc1N. The van der Waals surface area contributed by atoms with E-state index >= 15 is 0 Å². The van der Waals surface area contributed by atoms with Crippen LogP contribution in [-0.4, -0.2) is 5.78 Å². The number of benzene rings is 1. The van der Waals surface area contributed by atoms with Crippen LogP contribution >= 0.6 is 11.3 Å². The Morgan fingerprint density at radius 3 is 2.53 bits per heavy atom. The fraction of sp³-hybridized carbons (Fsp3) is 0. The summed E-state index contributed by atoms with van der Waals surface area (Å²) in [6.07, 6.45) is 0. The van der Waals surface area contributed by atoms with Gasteiger partial charge in [0.25, 0.3) is 0 Å². The molecule has 0 saturated carbocycles. The number of carbonyl (C=O) groups is 1. The second-order valence-electron chi connectivity index (χ2n) is 3.15. The molecule has 0 radical (unpaired) electrons. The second-order valence-corrected chi connectivity index (χ2v) is 4.10. The molecule has 1 aromatic carbocycles. The first kappa shape index (κ1) is 9.73. The molecule has 0 unspecified atom stereocenters. The minimum Gasteiger partial charge on any atom is -0.397 e. The van der Waals surface area contributed by atoms with E-state index in [0.29, 0.717) is 21.8 Å². The topological polar surface area (TPSA) is 69.1 Å². The lowest BCUT2D eigenvalue weighted by Crippen LogP contribution is -2.01. The van der Waals surface area contributed by atoms with Crippen molar-refractivity contribution < 1.29 is 4.79 Å². The van der Waals surface area contributed by atoms with Gasteiger partial charge in [-0.3, -0.25) is 4.79 Å². The van der Waals surface area contributed by atoms with Gasteiger partial charge in [-0.1, -0.05) is 6.07 Å². The molecule has 2 rings (SSSR count). The molecule has 2 aromatic rings. The number of carbonyl (C=O) groups excluding carboxylic acids is 1. The van der Waals surface area contributed by atoms with Crippen molar-refractivity contribution in [3.63, 3.8) is 0 Å². The highest BCUT2D eigenvalue weighted by Crippen LogP contribution is 2.20. The Balaban J connectivity index is 2.39. The van der Waals surface area contributed by atoms with Gasteiger partial charge in [-0.15, -0.1) is 11.3 Å². The Kier molecular flexibility index (Phi) is 2.43. The molecule has 0 aliphatic rings. The minimum atomic E-state index is -0.0169. The lowest BCUT2D eigenvalue weighted by molar-refractivity contribution is 0.104. The third-order valence-electron chi connectivity index (χ3n) is 2.09. The van der Waals surface area contributed by atoms with Crippen molar-refractivity contribution in [1.82, 2.24) is 0 Å². The average Bonchev–Trinajstić information content (AvgIpc) is 2.74. The molecule has 1 heterocycles. The van der Waals surface area contributed by atoms with Crippen molar-refractivity contribution in [2.45, 2.75) is 0 Å². The van der Waals surface area contributed by atoms with E-state index in [1.165, 1.54) is 11.3 Å². The van der Waals surface area contributed by atoms with Crippen molar-refractivity contribution >= 4 is 28.5 Å². The molecule has 0 atom stereocenters. The molecule has 0 spiro atoms. The minimum absolute atomic E-state index is 0.0169. The van der Waals surface area contributed by atoms with Crippen LogP contribution in [-0.2, 0) is 0 Å². The lowest BCUT2D eigenvalue weighted by Gasteiger charge is -2.02. The number of ketones is 1. The van der Waals surface area contributed by atoms with Gasteiger partial charge in [0.05, 0.1) is 16.3 Å². The Morgan fingerprint density at radius 1 is 1.13 bits per heavy atom. The highest BCUT2D eigenvalue weighted by molar-refractivity contribution is 7.12. The van der Waals surface area contributed by atoms with Crippen LogP contribution in [0.1, 0.15) is 15.2 Å². The van der Waals surface area contributed by atoms with Gasteiger partial charge in [0.15, 0.2) is 0 Å². The highest BCUT2D eigenvalue weighted by atomic mass is 32.1. The molecule has 0 bridgehead atoms. The fourth-order valence-electron chi connectivity index (χ4n) is 1.27. The van der Waals surface area contributed by atoms with Gasteiger partial charge < -0.3 is 11.5 Å². The highest BCUT2D eigenvalue weighted by Gasteiger charge is 2.10. The number of anilines is 2. The van der Waals surface area contributed by atoms with Crippen LogP contribution in [0.25, 0.3) is 0 Å². The summed E-state index contributed by atoms with van der Waals surface area (Å²) < 4.78 is 0. The molecule has 4 heteroatoms. The normalized spacial score (nSPS) is 10.1. The molecule has 1 aromatic heterocycles.